The van der Waals surface area contributed by atoms with Gasteiger partial charge in [-0.25, -0.2) is 4.98 Å². The lowest BCUT2D eigenvalue weighted by Gasteiger charge is -2.13. The molecular weight excluding hydrogens is 294 g/mol. The summed E-state index contributed by atoms with van der Waals surface area (Å²) in [5, 5.41) is 5.82. The molecule has 0 radical (unpaired) electrons. The van der Waals surface area contributed by atoms with Gasteiger partial charge in [-0.3, -0.25) is 4.79 Å². The van der Waals surface area contributed by atoms with Gasteiger partial charge in [0.15, 0.2) is 5.13 Å². The second-order valence-corrected chi connectivity index (χ2v) is 5.92. The third-order valence-corrected chi connectivity index (χ3v) is 4.29. The molecule has 0 spiro atoms. The molecule has 0 aliphatic rings. The zero-order chi connectivity index (χ0) is 15.4. The normalized spacial score (nSPS) is 12.0. The molecular formula is C17H17N3OS. The number of nitrogens with one attached hydrogen (secondary N) is 1. The zero-order valence-electron chi connectivity index (χ0n) is 12.3. The molecule has 0 saturated carbocycles. The number of hydrogen-bond donors (Lipinski definition) is 1. The van der Waals surface area contributed by atoms with Gasteiger partial charge in [-0.15, -0.1) is 11.3 Å². The first kappa shape index (κ1) is 14.5. The first-order valence-corrected chi connectivity index (χ1v) is 8.02. The molecule has 1 atom stereocenters. The molecule has 2 heterocycles. The lowest BCUT2D eigenvalue weighted by Crippen LogP contribution is -2.28. The predicted molar refractivity (Wildman–Crippen MR) is 88.1 cm³/mol. The smallest absolute Gasteiger partial charge is 0.226 e. The van der Waals surface area contributed by atoms with Crippen LogP contribution in [-0.4, -0.2) is 15.5 Å². The molecule has 2 aromatic heterocycles. The number of hydrogen-bond acceptors (Lipinski definition) is 3. The van der Waals surface area contributed by atoms with Crippen LogP contribution in [0.3, 0.4) is 0 Å². The second-order valence-electron chi connectivity index (χ2n) is 5.09. The first-order valence-electron chi connectivity index (χ1n) is 7.14. The van der Waals surface area contributed by atoms with Crippen LogP contribution in [0.5, 0.6) is 0 Å². The van der Waals surface area contributed by atoms with Crippen molar-refractivity contribution < 1.29 is 4.79 Å². The lowest BCUT2D eigenvalue weighted by atomic mass is 10.1. The summed E-state index contributed by atoms with van der Waals surface area (Å²) < 4.78 is 1.94. The van der Waals surface area contributed by atoms with Crippen molar-refractivity contribution >= 4 is 17.2 Å². The molecule has 5 heteroatoms. The fourth-order valence-corrected chi connectivity index (χ4v) is 3.03. The molecule has 1 N–H and O–H groups in total. The fourth-order valence-electron chi connectivity index (χ4n) is 2.24. The highest BCUT2D eigenvalue weighted by molar-refractivity contribution is 7.12. The van der Waals surface area contributed by atoms with Gasteiger partial charge in [-0.2, -0.15) is 0 Å². The van der Waals surface area contributed by atoms with E-state index in [2.05, 4.69) is 10.3 Å². The number of amides is 1. The Morgan fingerprint density at radius 3 is 2.68 bits per heavy atom. The Balaban J connectivity index is 1.60. The highest BCUT2D eigenvalue weighted by Crippen LogP contribution is 2.16. The van der Waals surface area contributed by atoms with Gasteiger partial charge in [0.2, 0.25) is 5.91 Å². The van der Waals surface area contributed by atoms with E-state index in [0.29, 0.717) is 6.42 Å². The monoisotopic (exact) mass is 311 g/mol. The minimum absolute atomic E-state index is 0.00347. The minimum Gasteiger partial charge on any atom is -0.349 e. The quantitative estimate of drug-likeness (QED) is 0.785. The summed E-state index contributed by atoms with van der Waals surface area (Å²) >= 11 is 1.54. The molecule has 0 bridgehead atoms. The van der Waals surface area contributed by atoms with E-state index >= 15 is 0 Å². The molecule has 0 saturated heterocycles. The van der Waals surface area contributed by atoms with E-state index < -0.39 is 0 Å². The van der Waals surface area contributed by atoms with E-state index in [-0.39, 0.29) is 11.9 Å². The Hall–Kier alpha value is -2.40. The number of thiazole rings is 1. The highest BCUT2D eigenvalue weighted by atomic mass is 32.1. The summed E-state index contributed by atoms with van der Waals surface area (Å²) in [5.41, 5.74) is 1.90. The number of aromatic nitrogens is 2. The summed E-state index contributed by atoms with van der Waals surface area (Å²) in [6.45, 7) is 1.99. The molecule has 4 nitrogen and oxygen atoms in total. The van der Waals surface area contributed by atoms with Crippen LogP contribution in [0.15, 0.2) is 60.2 Å². The average molecular weight is 311 g/mol. The molecule has 1 unspecified atom stereocenters. The van der Waals surface area contributed by atoms with Crippen molar-refractivity contribution in [3.63, 3.8) is 0 Å². The maximum Gasteiger partial charge on any atom is 0.226 e. The van der Waals surface area contributed by atoms with Crippen LogP contribution in [0.25, 0.3) is 5.13 Å². The maximum absolute atomic E-state index is 12.1. The third kappa shape index (κ3) is 3.43. The van der Waals surface area contributed by atoms with E-state index in [0.717, 1.165) is 16.4 Å². The summed E-state index contributed by atoms with van der Waals surface area (Å²) in [5.74, 6) is -0.0132. The van der Waals surface area contributed by atoms with Crippen LogP contribution in [-0.2, 0) is 11.2 Å². The number of nitrogens with zero attached hydrogens (tertiary/aromatic N) is 2. The second kappa shape index (κ2) is 6.58. The van der Waals surface area contributed by atoms with Crippen LogP contribution in [0.2, 0.25) is 0 Å². The van der Waals surface area contributed by atoms with Crippen molar-refractivity contribution in [2.45, 2.75) is 19.4 Å². The summed E-state index contributed by atoms with van der Waals surface area (Å²) in [6, 6.07) is 13.8. The number of rotatable bonds is 5. The topological polar surface area (TPSA) is 46.9 Å². The molecule has 22 heavy (non-hydrogen) atoms. The third-order valence-electron chi connectivity index (χ3n) is 3.38. The Kier molecular flexibility index (Phi) is 4.34. The van der Waals surface area contributed by atoms with Gasteiger partial charge in [-0.05, 0) is 24.6 Å². The van der Waals surface area contributed by atoms with Gasteiger partial charge >= 0.3 is 0 Å². The van der Waals surface area contributed by atoms with Crippen LogP contribution in [0, 0.1) is 0 Å². The molecule has 0 aliphatic heterocycles. The summed E-state index contributed by atoms with van der Waals surface area (Å²) in [4.78, 5) is 16.6. The summed E-state index contributed by atoms with van der Waals surface area (Å²) in [6.07, 6.45) is 4.19. The molecule has 1 amide bonds. The maximum atomic E-state index is 12.1. The zero-order valence-corrected chi connectivity index (χ0v) is 13.1. The molecule has 112 valence electrons. The Morgan fingerprint density at radius 1 is 1.23 bits per heavy atom. The number of benzene rings is 1. The largest absolute Gasteiger partial charge is 0.349 e. The molecule has 0 fully saturated rings. The van der Waals surface area contributed by atoms with E-state index in [1.54, 1.807) is 0 Å². The van der Waals surface area contributed by atoms with Crippen molar-refractivity contribution in [3.8, 4) is 5.13 Å². The van der Waals surface area contributed by atoms with E-state index in [9.17, 15) is 4.79 Å². The Morgan fingerprint density at radius 2 is 1.95 bits per heavy atom. The van der Waals surface area contributed by atoms with Crippen LogP contribution >= 0.6 is 11.3 Å². The molecule has 1 aromatic carbocycles. The van der Waals surface area contributed by atoms with Gasteiger partial charge in [0.25, 0.3) is 0 Å². The Bertz CT molecular complexity index is 734. The molecule has 3 aromatic rings. The SMILES string of the molecule is CC(NC(=O)Cc1csc(-n2cccc2)n1)c1ccccc1. The van der Waals surface area contributed by atoms with Crippen molar-refractivity contribution in [2.24, 2.45) is 0 Å². The van der Waals surface area contributed by atoms with Crippen LogP contribution < -0.4 is 5.32 Å². The van der Waals surface area contributed by atoms with Crippen molar-refractivity contribution in [1.29, 1.82) is 0 Å². The fraction of sp³-hybridized carbons (Fsp3) is 0.176. The predicted octanol–water partition coefficient (Wildman–Crippen LogP) is 3.35. The van der Waals surface area contributed by atoms with E-state index in [4.69, 9.17) is 0 Å². The van der Waals surface area contributed by atoms with E-state index in [1.165, 1.54) is 11.3 Å². The van der Waals surface area contributed by atoms with Gasteiger partial charge in [-0.1, -0.05) is 30.3 Å². The van der Waals surface area contributed by atoms with Gasteiger partial charge < -0.3 is 9.88 Å². The van der Waals surface area contributed by atoms with E-state index in [1.807, 2.05) is 71.7 Å². The lowest BCUT2D eigenvalue weighted by molar-refractivity contribution is -0.121. The number of carbonyl (C=O) groups excluding carboxylic acids is 1. The highest BCUT2D eigenvalue weighted by Gasteiger charge is 2.12. The average Bonchev–Trinajstić information content (AvgIpc) is 3.19. The van der Waals surface area contributed by atoms with Crippen molar-refractivity contribution in [2.75, 3.05) is 0 Å². The van der Waals surface area contributed by atoms with Gasteiger partial charge in [0, 0.05) is 17.8 Å². The van der Waals surface area contributed by atoms with Crippen LogP contribution in [0.4, 0.5) is 0 Å². The van der Waals surface area contributed by atoms with Gasteiger partial charge in [0.1, 0.15) is 0 Å². The van der Waals surface area contributed by atoms with Gasteiger partial charge in [0.05, 0.1) is 18.2 Å². The molecule has 3 rings (SSSR count). The first-order chi connectivity index (χ1) is 10.7. The molecule has 0 aliphatic carbocycles. The van der Waals surface area contributed by atoms with Crippen LogP contribution in [0.1, 0.15) is 24.2 Å². The Labute approximate surface area is 133 Å². The number of carbonyl (C=O) groups is 1. The minimum atomic E-state index is -0.0132. The summed E-state index contributed by atoms with van der Waals surface area (Å²) in [7, 11) is 0. The van der Waals surface area contributed by atoms with Crippen molar-refractivity contribution in [1.82, 2.24) is 14.9 Å². The standard InChI is InChI=1S/C17H17N3OS/c1-13(14-7-3-2-4-8-14)18-16(21)11-15-12-22-17(19-15)20-9-5-6-10-20/h2-10,12-13H,11H2,1H3,(H,18,21). The van der Waals surface area contributed by atoms with Crippen molar-refractivity contribution in [3.05, 3.63) is 71.5 Å².